The number of carbonyl (C=O) groups is 3. The van der Waals surface area contributed by atoms with Gasteiger partial charge in [-0.2, -0.15) is 0 Å². The number of halogens is 1. The minimum atomic E-state index is -1.05. The van der Waals surface area contributed by atoms with Crippen molar-refractivity contribution in [3.05, 3.63) is 29.1 Å². The van der Waals surface area contributed by atoms with Crippen LogP contribution in [0.25, 0.3) is 0 Å². The minimum Gasteiger partial charge on any atom is -0.469 e. The van der Waals surface area contributed by atoms with E-state index in [9.17, 15) is 18.8 Å². The largest absolute Gasteiger partial charge is 0.469 e. The van der Waals surface area contributed by atoms with Crippen LogP contribution in [0.5, 0.6) is 0 Å². The first-order valence-electron chi connectivity index (χ1n) is 6.44. The lowest BCUT2D eigenvalue weighted by Gasteiger charge is -2.27. The summed E-state index contributed by atoms with van der Waals surface area (Å²) in [5.74, 6) is -2.77. The summed E-state index contributed by atoms with van der Waals surface area (Å²) in [4.78, 5) is 36.8. The van der Waals surface area contributed by atoms with E-state index in [1.54, 1.807) is 20.8 Å². The number of hydrogen-bond acceptors (Lipinski definition) is 4. The van der Waals surface area contributed by atoms with Gasteiger partial charge in [-0.3, -0.25) is 14.4 Å². The summed E-state index contributed by atoms with van der Waals surface area (Å²) in [5.41, 5.74) is -0.517. The van der Waals surface area contributed by atoms with Gasteiger partial charge in [-0.15, -0.1) is 0 Å². The Hall–Kier alpha value is -2.24. The number of amides is 1. The first-order chi connectivity index (χ1) is 9.69. The number of ether oxygens (including phenoxy) is 1. The van der Waals surface area contributed by atoms with E-state index < -0.39 is 28.9 Å². The van der Waals surface area contributed by atoms with Crippen LogP contribution in [0.15, 0.2) is 12.1 Å². The number of hydrogen-bond donors (Lipinski definition) is 0. The van der Waals surface area contributed by atoms with Gasteiger partial charge in [0.1, 0.15) is 5.82 Å². The Balaban J connectivity index is 2.47. The molecule has 21 heavy (non-hydrogen) atoms. The Kier molecular flexibility index (Phi) is 3.57. The highest BCUT2D eigenvalue weighted by Crippen LogP contribution is 2.35. The molecule has 1 heterocycles. The predicted molar refractivity (Wildman–Crippen MR) is 73.6 cm³/mol. The summed E-state index contributed by atoms with van der Waals surface area (Å²) >= 11 is 0. The molecule has 1 aromatic rings. The summed E-state index contributed by atoms with van der Waals surface area (Å²) in [5, 5.41) is 0. The summed E-state index contributed by atoms with van der Waals surface area (Å²) < 4.78 is 18.8. The van der Waals surface area contributed by atoms with Crippen molar-refractivity contribution in [1.82, 2.24) is 0 Å². The summed E-state index contributed by atoms with van der Waals surface area (Å²) in [6, 6.07) is 2.73. The van der Waals surface area contributed by atoms with Crippen LogP contribution in [0.1, 0.15) is 29.8 Å². The van der Waals surface area contributed by atoms with Crippen molar-refractivity contribution in [2.24, 2.45) is 5.41 Å². The average molecular weight is 293 g/mol. The monoisotopic (exact) mass is 293 g/mol. The molecule has 1 aliphatic heterocycles. The number of benzene rings is 1. The van der Waals surface area contributed by atoms with Crippen molar-refractivity contribution < 1.29 is 23.5 Å². The standard InChI is InChI=1S/C15H16FNO4/c1-8-5-9-11(10(16)6-8)17(13(19)12(9)18)7-15(2,3)14(20)21-4/h5-6H,7H2,1-4H3. The Morgan fingerprint density at radius 1 is 1.33 bits per heavy atom. The second kappa shape index (κ2) is 4.95. The molecule has 0 aromatic heterocycles. The molecule has 0 saturated carbocycles. The van der Waals surface area contributed by atoms with E-state index in [1.165, 1.54) is 19.2 Å². The molecule has 1 aromatic carbocycles. The van der Waals surface area contributed by atoms with Crippen molar-refractivity contribution in [2.75, 3.05) is 18.6 Å². The predicted octanol–water partition coefficient (Wildman–Crippen LogP) is 1.86. The molecular weight excluding hydrogens is 277 g/mol. The number of carbonyl (C=O) groups excluding carboxylic acids is 3. The van der Waals surface area contributed by atoms with Crippen LogP contribution in [0.4, 0.5) is 10.1 Å². The lowest BCUT2D eigenvalue weighted by molar-refractivity contribution is -0.150. The number of fused-ring (bicyclic) bond motifs is 1. The molecule has 0 radical (unpaired) electrons. The van der Waals surface area contributed by atoms with Gasteiger partial charge in [-0.05, 0) is 38.5 Å². The van der Waals surface area contributed by atoms with E-state index in [0.29, 0.717) is 5.56 Å². The molecule has 0 fully saturated rings. The molecule has 112 valence electrons. The molecular formula is C15H16FNO4. The molecule has 5 nitrogen and oxygen atoms in total. The van der Waals surface area contributed by atoms with Gasteiger partial charge in [0.15, 0.2) is 0 Å². The second-order valence-corrected chi connectivity index (χ2v) is 5.74. The van der Waals surface area contributed by atoms with Crippen LogP contribution >= 0.6 is 0 Å². The Morgan fingerprint density at radius 3 is 2.52 bits per heavy atom. The molecule has 0 aliphatic carbocycles. The number of rotatable bonds is 3. The van der Waals surface area contributed by atoms with Gasteiger partial charge < -0.3 is 9.64 Å². The first-order valence-corrected chi connectivity index (χ1v) is 6.44. The Labute approximate surface area is 121 Å². The fraction of sp³-hybridized carbons (Fsp3) is 0.400. The maximum absolute atomic E-state index is 14.1. The number of Topliss-reactive ketones (excluding diaryl/α,β-unsaturated/α-hetero) is 1. The van der Waals surface area contributed by atoms with Gasteiger partial charge in [0, 0.05) is 6.54 Å². The zero-order chi connectivity index (χ0) is 15.9. The fourth-order valence-electron chi connectivity index (χ4n) is 2.41. The molecule has 0 atom stereocenters. The van der Waals surface area contributed by atoms with Gasteiger partial charge >= 0.3 is 5.97 Å². The molecule has 0 bridgehead atoms. The third-order valence-corrected chi connectivity index (χ3v) is 3.45. The smallest absolute Gasteiger partial charge is 0.313 e. The van der Waals surface area contributed by atoms with Gasteiger partial charge in [-0.1, -0.05) is 0 Å². The van der Waals surface area contributed by atoms with E-state index >= 15 is 0 Å². The van der Waals surface area contributed by atoms with Gasteiger partial charge in [0.05, 0.1) is 23.8 Å². The molecule has 1 aliphatic rings. The third kappa shape index (κ3) is 2.41. The van der Waals surface area contributed by atoms with E-state index in [1.807, 2.05) is 0 Å². The van der Waals surface area contributed by atoms with Crippen LogP contribution in [0.3, 0.4) is 0 Å². The maximum Gasteiger partial charge on any atom is 0.313 e. The molecule has 0 N–H and O–H groups in total. The van der Waals surface area contributed by atoms with Crippen LogP contribution in [-0.4, -0.2) is 31.3 Å². The van der Waals surface area contributed by atoms with Crippen LogP contribution in [0.2, 0.25) is 0 Å². The van der Waals surface area contributed by atoms with E-state index in [4.69, 9.17) is 0 Å². The summed E-state index contributed by atoms with van der Waals surface area (Å²) in [6.45, 7) is 4.65. The van der Waals surface area contributed by atoms with E-state index in [2.05, 4.69) is 4.74 Å². The lowest BCUT2D eigenvalue weighted by atomic mass is 9.93. The van der Waals surface area contributed by atoms with Crippen molar-refractivity contribution in [3.8, 4) is 0 Å². The van der Waals surface area contributed by atoms with Crippen molar-refractivity contribution in [1.29, 1.82) is 0 Å². The summed E-state index contributed by atoms with van der Waals surface area (Å²) in [6.07, 6.45) is 0. The number of ketones is 1. The number of aryl methyl sites for hydroxylation is 1. The number of nitrogens with zero attached hydrogens (tertiary/aromatic N) is 1. The molecule has 2 rings (SSSR count). The summed E-state index contributed by atoms with van der Waals surface area (Å²) in [7, 11) is 1.24. The van der Waals surface area contributed by atoms with Crippen LogP contribution in [-0.2, 0) is 14.3 Å². The van der Waals surface area contributed by atoms with E-state index in [0.717, 1.165) is 4.90 Å². The first kappa shape index (κ1) is 15.2. The van der Waals surface area contributed by atoms with Crippen molar-refractivity contribution in [3.63, 3.8) is 0 Å². The number of anilines is 1. The SMILES string of the molecule is COC(=O)C(C)(C)CN1C(=O)C(=O)c2cc(C)cc(F)c21. The zero-order valence-electron chi connectivity index (χ0n) is 12.3. The average Bonchev–Trinajstić information content (AvgIpc) is 2.63. The van der Waals surface area contributed by atoms with Gasteiger partial charge in [0.2, 0.25) is 0 Å². The Bertz CT molecular complexity index is 651. The van der Waals surface area contributed by atoms with Gasteiger partial charge in [0.25, 0.3) is 11.7 Å². The maximum atomic E-state index is 14.1. The second-order valence-electron chi connectivity index (χ2n) is 5.74. The molecule has 0 spiro atoms. The van der Waals surface area contributed by atoms with Crippen molar-refractivity contribution >= 4 is 23.3 Å². The van der Waals surface area contributed by atoms with Crippen molar-refractivity contribution in [2.45, 2.75) is 20.8 Å². The lowest BCUT2D eigenvalue weighted by Crippen LogP contribution is -2.42. The Morgan fingerprint density at radius 2 is 1.95 bits per heavy atom. The minimum absolute atomic E-state index is 0.0400. The number of esters is 1. The zero-order valence-corrected chi connectivity index (χ0v) is 12.3. The molecule has 0 saturated heterocycles. The molecule has 6 heteroatoms. The molecule has 0 unspecified atom stereocenters. The highest BCUT2D eigenvalue weighted by atomic mass is 19.1. The van der Waals surface area contributed by atoms with Crippen LogP contribution in [0, 0.1) is 18.2 Å². The van der Waals surface area contributed by atoms with E-state index in [-0.39, 0.29) is 17.8 Å². The highest BCUT2D eigenvalue weighted by Gasteiger charge is 2.43. The normalized spacial score (nSPS) is 14.4. The topological polar surface area (TPSA) is 63.7 Å². The molecule has 1 amide bonds. The highest BCUT2D eigenvalue weighted by molar-refractivity contribution is 6.52. The quantitative estimate of drug-likeness (QED) is 0.630. The fourth-order valence-corrected chi connectivity index (χ4v) is 2.41. The van der Waals surface area contributed by atoms with Crippen LogP contribution < -0.4 is 4.90 Å². The van der Waals surface area contributed by atoms with Gasteiger partial charge in [-0.25, -0.2) is 4.39 Å². The number of methoxy groups -OCH3 is 1. The third-order valence-electron chi connectivity index (χ3n) is 3.45.